The van der Waals surface area contributed by atoms with Crippen LogP contribution in [0.15, 0.2) is 84.0 Å². The maximum atomic E-state index is 13.5. The SMILES string of the molecule is C.CC(C)CCCC(C)[C@H]1CC[C@H]2[C@@H]3NC(=O)C=C4C[C@@H](O)CC[C@]4(C)[C@H]3CC[C@]12C.CC(C)CCCC(C)[C@H]1CC[C@H]2[C@@H]3NC(=O)C=C4C[C@@H](OC(=O)CCOc5ccc(N(CCCl)CCCl)cc5)CC[C@]4(C)[C@H]3CC[C@]12C.O=C(Cl)c1c(Cl)cc(Cl)cc1Cl.O=C(O)CCOc1ccc(N(CCCl)CCCl)cc1. The fraction of sp³-hybridized carbons (Fsp3) is 0.693. The summed E-state index contributed by atoms with van der Waals surface area (Å²) in [5.74, 6) is 9.22. The standard InChI is InChI=1S/C40H60Cl2N2O4.C27H45NO2.C13H17Cl2NO3.C7H2Cl4O.CH4/c1-27(2)7-6-8-28(3)33-13-14-34-38-35(16-19-40(33,34)5)39(4)18-15-32(25-29(39)26-36(45)43-38)48-37(46)17-24-47-31-11-9-30(10-12-31)44(22-20-41)23-21-42;1-17(2)7-6-8-18(3)21-9-10-22-25-23(12-14-27(21,22)5)26(4)13-11-20(29)15-19(26)16-24(30)28-25;14-6-8-16(9-7-15)11-1-3-12(4-2-11)19-10-5-13(17)18;8-3-1-4(9)6(7(11)12)5(10)2-3;/h9-12,26-28,32-35,38H,6-8,13-25H2,1-5H3,(H,43,45);16-18,20-23,25,29H,6-15H2,1-5H3,(H,28,30);1-4H,5-10H2,(H,17,18);1-2H;1H4/t28?,32-,33+,34-,35-,38-,39-,40+;18?,20-,21+,22-,23-,25-,26-,27+;;;/m00.../s1. The van der Waals surface area contributed by atoms with Gasteiger partial charge in [0.1, 0.15) is 17.6 Å². The summed E-state index contributed by atoms with van der Waals surface area (Å²) < 4.78 is 17.2. The van der Waals surface area contributed by atoms with Crippen LogP contribution in [0.3, 0.4) is 0 Å². The molecule has 0 bridgehead atoms. The first-order valence-electron chi connectivity index (χ1n) is 40.5. The number of ether oxygens (including phenoxy) is 3. The molecule has 3 aromatic carbocycles. The fourth-order valence-corrected chi connectivity index (χ4v) is 22.9. The molecule has 16 atom stereocenters. The van der Waals surface area contributed by atoms with E-state index in [1.165, 1.54) is 107 Å². The number of carboxylic acid groups (broad SMARTS) is 1. The van der Waals surface area contributed by atoms with Crippen molar-refractivity contribution in [2.24, 2.45) is 80.8 Å². The summed E-state index contributed by atoms with van der Waals surface area (Å²) in [4.78, 5) is 64.6. The Kier molecular flexibility index (Phi) is 36.8. The molecular formula is C88H128Cl8N4O10. The summed E-state index contributed by atoms with van der Waals surface area (Å²) in [7, 11) is 0. The van der Waals surface area contributed by atoms with Crippen molar-refractivity contribution in [3.05, 3.63) is 105 Å². The summed E-state index contributed by atoms with van der Waals surface area (Å²) >= 11 is 45.5. The number of fused-ring (bicyclic) bond motifs is 10. The number of carbonyl (C=O) groups excluding carboxylic acids is 4. The van der Waals surface area contributed by atoms with Gasteiger partial charge >= 0.3 is 11.9 Å². The van der Waals surface area contributed by atoms with Crippen LogP contribution in [0.4, 0.5) is 11.4 Å². The van der Waals surface area contributed by atoms with Crippen LogP contribution in [0.5, 0.6) is 11.5 Å². The Hall–Kier alpha value is -3.83. The van der Waals surface area contributed by atoms with E-state index in [1.807, 2.05) is 60.7 Å². The summed E-state index contributed by atoms with van der Waals surface area (Å²) in [5, 5.41) is 25.8. The first-order chi connectivity index (χ1) is 51.8. The molecule has 6 saturated carbocycles. The fourth-order valence-electron chi connectivity index (χ4n) is 20.8. The average Bonchev–Trinajstić information content (AvgIpc) is 1.54. The summed E-state index contributed by atoms with van der Waals surface area (Å²) in [6.45, 7) is 27.5. The molecule has 6 fully saturated rings. The highest BCUT2D eigenvalue weighted by Gasteiger charge is 2.61. The van der Waals surface area contributed by atoms with Crippen LogP contribution in [0.25, 0.3) is 0 Å². The molecule has 0 radical (unpaired) electrons. The lowest BCUT2D eigenvalue weighted by Crippen LogP contribution is -2.56. The van der Waals surface area contributed by atoms with Crippen molar-refractivity contribution in [2.45, 2.75) is 242 Å². The molecule has 3 aromatic rings. The maximum Gasteiger partial charge on any atom is 0.309 e. The van der Waals surface area contributed by atoms with Crippen LogP contribution in [0.2, 0.25) is 15.1 Å². The van der Waals surface area contributed by atoms with E-state index < -0.39 is 11.2 Å². The van der Waals surface area contributed by atoms with E-state index in [4.69, 9.17) is 112 Å². The molecule has 2 heterocycles. The van der Waals surface area contributed by atoms with Crippen molar-refractivity contribution < 1.29 is 48.4 Å². The number of aliphatic hydroxyl groups excluding tert-OH is 1. The molecule has 0 aromatic heterocycles. The first kappa shape index (κ1) is 93.3. The van der Waals surface area contributed by atoms with Gasteiger partial charge in [0.15, 0.2) is 0 Å². The van der Waals surface area contributed by atoms with Gasteiger partial charge in [-0.3, -0.25) is 24.0 Å². The summed E-state index contributed by atoms with van der Waals surface area (Å²) in [6, 6.07) is 18.6. The summed E-state index contributed by atoms with van der Waals surface area (Å²) in [5.41, 5.74) is 5.21. The number of alkyl halides is 4. The zero-order valence-corrected chi connectivity index (χ0v) is 72.3. The molecule has 2 aliphatic heterocycles. The molecule has 0 saturated heterocycles. The Morgan fingerprint density at radius 3 is 1.35 bits per heavy atom. The van der Waals surface area contributed by atoms with Crippen LogP contribution in [0, 0.1) is 80.8 Å². The molecule has 22 heteroatoms. The Labute approximate surface area is 698 Å². The van der Waals surface area contributed by atoms with Gasteiger partial charge in [-0.25, -0.2) is 0 Å². The molecule has 2 unspecified atom stereocenters. The molecule has 8 aliphatic rings. The van der Waals surface area contributed by atoms with Gasteiger partial charge in [-0.1, -0.05) is 161 Å². The van der Waals surface area contributed by atoms with Crippen LogP contribution in [0.1, 0.15) is 228 Å². The lowest BCUT2D eigenvalue weighted by atomic mass is 9.51. The van der Waals surface area contributed by atoms with Gasteiger partial charge in [0, 0.05) is 96.8 Å². The van der Waals surface area contributed by atoms with Gasteiger partial charge < -0.3 is 44.9 Å². The topological polar surface area (TPSA) is 184 Å². The Balaban J connectivity index is 0.000000229. The number of anilines is 2. The third-order valence-electron chi connectivity index (χ3n) is 26.6. The zero-order valence-electron chi connectivity index (χ0n) is 66.2. The number of aliphatic carboxylic acids is 1. The minimum Gasteiger partial charge on any atom is -0.493 e. The number of aliphatic hydroxyl groups is 1. The Morgan fingerprint density at radius 2 is 0.955 bits per heavy atom. The molecule has 0 spiro atoms. The molecule has 110 heavy (non-hydrogen) atoms. The summed E-state index contributed by atoms with van der Waals surface area (Å²) in [6.07, 6.45) is 26.5. The largest absolute Gasteiger partial charge is 0.493 e. The number of esters is 1. The van der Waals surface area contributed by atoms with Gasteiger partial charge in [0.05, 0.1) is 47.8 Å². The quantitative estimate of drug-likeness (QED) is 0.0282. The van der Waals surface area contributed by atoms with E-state index in [1.54, 1.807) is 0 Å². The van der Waals surface area contributed by atoms with Crippen molar-refractivity contribution in [1.82, 2.24) is 10.6 Å². The number of hydrogen-bond acceptors (Lipinski definition) is 11. The third-order valence-corrected chi connectivity index (χ3v) is 28.3. The van der Waals surface area contributed by atoms with Gasteiger partial charge in [0.25, 0.3) is 5.24 Å². The highest BCUT2D eigenvalue weighted by molar-refractivity contribution is 6.70. The molecule has 6 aliphatic carbocycles. The van der Waals surface area contributed by atoms with Crippen molar-refractivity contribution in [1.29, 1.82) is 0 Å². The normalized spacial score (nSPS) is 28.9. The molecule has 11 rings (SSSR count). The number of nitrogens with zero attached hydrogens (tertiary/aromatic N) is 2. The van der Waals surface area contributed by atoms with E-state index in [2.05, 4.69) is 89.7 Å². The number of halogens is 8. The predicted octanol–water partition coefficient (Wildman–Crippen LogP) is 22.5. The number of hydrogen-bond donors (Lipinski definition) is 4. The second kappa shape index (κ2) is 43.4. The van der Waals surface area contributed by atoms with Crippen molar-refractivity contribution in [3.63, 3.8) is 0 Å². The van der Waals surface area contributed by atoms with Gasteiger partial charge in [-0.2, -0.15) is 0 Å². The van der Waals surface area contributed by atoms with Crippen LogP contribution in [-0.4, -0.2) is 126 Å². The van der Waals surface area contributed by atoms with E-state index in [0.717, 1.165) is 105 Å². The second-order valence-electron chi connectivity index (χ2n) is 34.3. The Morgan fingerprint density at radius 1 is 0.545 bits per heavy atom. The van der Waals surface area contributed by atoms with Gasteiger partial charge in [-0.15, -0.1) is 46.4 Å². The van der Waals surface area contributed by atoms with Crippen LogP contribution >= 0.6 is 92.8 Å². The minimum atomic E-state index is -0.868. The average molecular weight is 1690 g/mol. The van der Waals surface area contributed by atoms with Crippen LogP contribution in [-0.2, 0) is 23.9 Å². The number of rotatable bonds is 30. The van der Waals surface area contributed by atoms with Crippen LogP contribution < -0.4 is 29.9 Å². The zero-order chi connectivity index (χ0) is 79.5. The predicted molar refractivity (Wildman–Crippen MR) is 456 cm³/mol. The minimum absolute atomic E-state index is 0. The van der Waals surface area contributed by atoms with E-state index in [9.17, 15) is 29.1 Å². The first-order valence-corrected chi connectivity index (χ1v) is 44.1. The molecular weight excluding hydrogens is 1560 g/mol. The van der Waals surface area contributed by atoms with Crippen molar-refractivity contribution in [3.8, 4) is 11.5 Å². The highest BCUT2D eigenvalue weighted by atomic mass is 35.5. The number of carbonyl (C=O) groups is 5. The lowest BCUT2D eigenvalue weighted by Gasteiger charge is -2.55. The Bertz CT molecular complexity index is 3490. The maximum absolute atomic E-state index is 13.5. The van der Waals surface area contributed by atoms with Gasteiger partial charge in [0.2, 0.25) is 11.8 Å². The molecule has 14 nitrogen and oxygen atoms in total. The van der Waals surface area contributed by atoms with Gasteiger partial charge in [-0.05, 0) is 237 Å². The smallest absolute Gasteiger partial charge is 0.309 e. The van der Waals surface area contributed by atoms with E-state index in [0.29, 0.717) is 88.0 Å². The third kappa shape index (κ3) is 24.2. The highest BCUT2D eigenvalue weighted by Crippen LogP contribution is 2.66. The molecule has 2 amide bonds. The van der Waals surface area contributed by atoms with Crippen molar-refractivity contribution in [2.75, 3.05) is 72.7 Å². The van der Waals surface area contributed by atoms with Crippen molar-refractivity contribution >= 4 is 133 Å². The number of amides is 2. The molecule has 616 valence electrons. The number of benzene rings is 3. The van der Waals surface area contributed by atoms with E-state index in [-0.39, 0.29) is 101 Å². The molecule has 4 N–H and O–H groups in total. The monoisotopic (exact) mass is 1680 g/mol. The number of carboxylic acids is 1. The second-order valence-corrected chi connectivity index (χ2v) is 37.4. The lowest BCUT2D eigenvalue weighted by molar-refractivity contribution is -0.151. The van der Waals surface area contributed by atoms with E-state index >= 15 is 0 Å². The number of nitrogens with one attached hydrogen (secondary N) is 2.